The summed E-state index contributed by atoms with van der Waals surface area (Å²) in [5, 5.41) is 13.7. The first-order valence-corrected chi connectivity index (χ1v) is 5.37. The Balaban J connectivity index is 2.07. The van der Waals surface area contributed by atoms with Gasteiger partial charge in [0.05, 0.1) is 11.3 Å². The second kappa shape index (κ2) is 4.55. The Hall–Kier alpha value is -1.88. The van der Waals surface area contributed by atoms with Crippen LogP contribution in [0.4, 0.5) is 0 Å². The predicted octanol–water partition coefficient (Wildman–Crippen LogP) is 1.42. The van der Waals surface area contributed by atoms with Gasteiger partial charge in [-0.3, -0.25) is 0 Å². The molecule has 0 spiro atoms. The third-order valence-corrected chi connectivity index (χ3v) is 2.05. The molecule has 0 unspecified atom stereocenters. The maximum Gasteiger partial charge on any atom is 0.335 e. The zero-order valence-electron chi connectivity index (χ0n) is 9.87. The van der Waals surface area contributed by atoms with Gasteiger partial charge in [-0.1, -0.05) is 18.2 Å². The molecule has 0 bridgehead atoms. The summed E-state index contributed by atoms with van der Waals surface area (Å²) >= 11 is 0. The molecule has 1 aromatic heterocycles. The maximum absolute atomic E-state index is 9.52. The van der Waals surface area contributed by atoms with Crippen LogP contribution in [0.3, 0.4) is 0 Å². The standard InChI is InChI=1S/C12H15N3O2/c1-12(2,16)8-17-11-13-9-15(14-11)10-6-4-3-5-7-10/h3-7,9,16H,8H2,1-2H3. The van der Waals surface area contributed by atoms with Crippen LogP contribution in [0.15, 0.2) is 36.7 Å². The Labute approximate surface area is 99.7 Å². The van der Waals surface area contributed by atoms with Crippen molar-refractivity contribution in [1.82, 2.24) is 14.8 Å². The molecule has 0 saturated carbocycles. The minimum Gasteiger partial charge on any atom is -0.459 e. The van der Waals surface area contributed by atoms with E-state index in [0.717, 1.165) is 5.69 Å². The van der Waals surface area contributed by atoms with Gasteiger partial charge < -0.3 is 9.84 Å². The lowest BCUT2D eigenvalue weighted by Crippen LogP contribution is -2.28. The molecule has 0 amide bonds. The molecule has 0 aliphatic carbocycles. The van der Waals surface area contributed by atoms with Gasteiger partial charge in [-0.25, -0.2) is 4.68 Å². The van der Waals surface area contributed by atoms with E-state index in [4.69, 9.17) is 4.74 Å². The summed E-state index contributed by atoms with van der Waals surface area (Å²) in [6.45, 7) is 3.49. The molecule has 0 aliphatic rings. The van der Waals surface area contributed by atoms with Crippen LogP contribution in [-0.2, 0) is 0 Å². The van der Waals surface area contributed by atoms with Crippen molar-refractivity contribution in [1.29, 1.82) is 0 Å². The van der Waals surface area contributed by atoms with Crippen LogP contribution in [-0.4, -0.2) is 32.1 Å². The number of ether oxygens (including phenoxy) is 1. The molecule has 1 N–H and O–H groups in total. The molecule has 2 rings (SSSR count). The molecular weight excluding hydrogens is 218 g/mol. The van der Waals surface area contributed by atoms with E-state index >= 15 is 0 Å². The van der Waals surface area contributed by atoms with Crippen LogP contribution in [0.25, 0.3) is 5.69 Å². The fourth-order valence-electron chi connectivity index (χ4n) is 1.26. The number of aliphatic hydroxyl groups is 1. The van der Waals surface area contributed by atoms with Crippen LogP contribution in [0, 0.1) is 0 Å². The van der Waals surface area contributed by atoms with Gasteiger partial charge in [-0.05, 0) is 26.0 Å². The Kier molecular flexibility index (Phi) is 3.10. The smallest absolute Gasteiger partial charge is 0.335 e. The summed E-state index contributed by atoms with van der Waals surface area (Å²) in [5.41, 5.74) is 0.0242. The summed E-state index contributed by atoms with van der Waals surface area (Å²) in [6.07, 6.45) is 1.58. The Morgan fingerprint density at radius 2 is 2.00 bits per heavy atom. The highest BCUT2D eigenvalue weighted by atomic mass is 16.5. The molecule has 0 saturated heterocycles. The molecule has 0 atom stereocenters. The maximum atomic E-state index is 9.52. The fourth-order valence-corrected chi connectivity index (χ4v) is 1.26. The Morgan fingerprint density at radius 3 is 2.65 bits per heavy atom. The number of para-hydroxylation sites is 1. The molecule has 0 fully saturated rings. The van der Waals surface area contributed by atoms with Crippen molar-refractivity contribution in [2.24, 2.45) is 0 Å². The van der Waals surface area contributed by atoms with Crippen LogP contribution >= 0.6 is 0 Å². The molecule has 5 heteroatoms. The second-order valence-corrected chi connectivity index (χ2v) is 4.41. The van der Waals surface area contributed by atoms with Crippen molar-refractivity contribution in [3.05, 3.63) is 36.7 Å². The normalized spacial score (nSPS) is 11.5. The van der Waals surface area contributed by atoms with Gasteiger partial charge in [0.2, 0.25) is 0 Å². The molecule has 5 nitrogen and oxygen atoms in total. The summed E-state index contributed by atoms with van der Waals surface area (Å²) in [4.78, 5) is 4.01. The molecule has 2 aromatic rings. The van der Waals surface area contributed by atoms with Crippen molar-refractivity contribution in [2.45, 2.75) is 19.4 Å². The van der Waals surface area contributed by atoms with E-state index in [1.54, 1.807) is 24.9 Å². The quantitative estimate of drug-likeness (QED) is 0.867. The summed E-state index contributed by atoms with van der Waals surface area (Å²) in [5.74, 6) is 0. The third-order valence-electron chi connectivity index (χ3n) is 2.05. The van der Waals surface area contributed by atoms with Crippen LogP contribution in [0.5, 0.6) is 6.01 Å². The first-order chi connectivity index (χ1) is 8.04. The van der Waals surface area contributed by atoms with Gasteiger partial charge in [-0.2, -0.15) is 4.98 Å². The van der Waals surface area contributed by atoms with E-state index in [1.807, 2.05) is 30.3 Å². The second-order valence-electron chi connectivity index (χ2n) is 4.41. The van der Waals surface area contributed by atoms with Gasteiger partial charge in [0.1, 0.15) is 12.9 Å². The third kappa shape index (κ3) is 3.29. The van der Waals surface area contributed by atoms with Crippen molar-refractivity contribution in [2.75, 3.05) is 6.61 Å². The van der Waals surface area contributed by atoms with E-state index in [1.165, 1.54) is 0 Å². The number of rotatable bonds is 4. The first kappa shape index (κ1) is 11.6. The fraction of sp³-hybridized carbons (Fsp3) is 0.333. The lowest BCUT2D eigenvalue weighted by atomic mass is 10.2. The van der Waals surface area contributed by atoms with E-state index in [2.05, 4.69) is 10.1 Å². The lowest BCUT2D eigenvalue weighted by molar-refractivity contribution is 0.0250. The SMILES string of the molecule is CC(C)(O)COc1ncn(-c2ccccc2)n1. The predicted molar refractivity (Wildman–Crippen MR) is 63.2 cm³/mol. The summed E-state index contributed by atoms with van der Waals surface area (Å²) < 4.78 is 6.90. The topological polar surface area (TPSA) is 60.2 Å². The first-order valence-electron chi connectivity index (χ1n) is 5.37. The zero-order chi connectivity index (χ0) is 12.3. The highest BCUT2D eigenvalue weighted by Crippen LogP contribution is 2.10. The van der Waals surface area contributed by atoms with Gasteiger partial charge in [0.15, 0.2) is 0 Å². The van der Waals surface area contributed by atoms with Crippen molar-refractivity contribution in [3.63, 3.8) is 0 Å². The highest BCUT2D eigenvalue weighted by Gasteiger charge is 2.14. The number of hydrogen-bond donors (Lipinski definition) is 1. The molecule has 90 valence electrons. The molecule has 0 aliphatic heterocycles. The molecular formula is C12H15N3O2. The molecule has 17 heavy (non-hydrogen) atoms. The van der Waals surface area contributed by atoms with E-state index in [9.17, 15) is 5.11 Å². The lowest BCUT2D eigenvalue weighted by Gasteiger charge is -2.15. The van der Waals surface area contributed by atoms with E-state index in [0.29, 0.717) is 0 Å². The zero-order valence-corrected chi connectivity index (χ0v) is 9.87. The average molecular weight is 233 g/mol. The Morgan fingerprint density at radius 1 is 1.29 bits per heavy atom. The van der Waals surface area contributed by atoms with Crippen LogP contribution in [0.2, 0.25) is 0 Å². The minimum absolute atomic E-state index is 0.159. The number of aromatic nitrogens is 3. The largest absolute Gasteiger partial charge is 0.459 e. The molecule has 1 heterocycles. The van der Waals surface area contributed by atoms with E-state index < -0.39 is 5.60 Å². The molecule has 0 radical (unpaired) electrons. The van der Waals surface area contributed by atoms with Crippen LogP contribution in [0.1, 0.15) is 13.8 Å². The van der Waals surface area contributed by atoms with Crippen molar-refractivity contribution < 1.29 is 9.84 Å². The Bertz CT molecular complexity index is 474. The minimum atomic E-state index is -0.891. The number of nitrogens with zero attached hydrogens (tertiary/aromatic N) is 3. The average Bonchev–Trinajstić information content (AvgIpc) is 2.75. The number of hydrogen-bond acceptors (Lipinski definition) is 4. The van der Waals surface area contributed by atoms with E-state index in [-0.39, 0.29) is 12.6 Å². The number of benzene rings is 1. The van der Waals surface area contributed by atoms with Gasteiger partial charge in [0.25, 0.3) is 0 Å². The van der Waals surface area contributed by atoms with Gasteiger partial charge in [-0.15, -0.1) is 5.10 Å². The summed E-state index contributed by atoms with van der Waals surface area (Å²) in [6, 6.07) is 9.90. The van der Waals surface area contributed by atoms with Gasteiger partial charge >= 0.3 is 6.01 Å². The van der Waals surface area contributed by atoms with Crippen LogP contribution < -0.4 is 4.74 Å². The summed E-state index contributed by atoms with van der Waals surface area (Å²) in [7, 11) is 0. The van der Waals surface area contributed by atoms with Crippen molar-refractivity contribution >= 4 is 0 Å². The molecule has 1 aromatic carbocycles. The highest BCUT2D eigenvalue weighted by molar-refractivity contribution is 5.29. The monoisotopic (exact) mass is 233 g/mol. The van der Waals surface area contributed by atoms with Crippen molar-refractivity contribution in [3.8, 4) is 11.7 Å². The van der Waals surface area contributed by atoms with Gasteiger partial charge in [0, 0.05) is 0 Å².